The van der Waals surface area contributed by atoms with Crippen LogP contribution in [-0.2, 0) is 38.1 Å². The number of carbonyl (C=O) groups is 3. The summed E-state index contributed by atoms with van der Waals surface area (Å²) in [6.45, 7) is 16.2. The number of rotatable bonds is 27. The van der Waals surface area contributed by atoms with Crippen LogP contribution in [0.15, 0.2) is 0 Å². The highest BCUT2D eigenvalue weighted by Gasteiger charge is 2.13. The molecule has 0 spiro atoms. The van der Waals surface area contributed by atoms with E-state index in [4.69, 9.17) is 49.2 Å². The first-order valence-electron chi connectivity index (χ1n) is 22.4. The first kappa shape index (κ1) is 61.8. The lowest BCUT2D eigenvalue weighted by Crippen LogP contribution is -2.22. The van der Waals surface area contributed by atoms with Crippen LogP contribution in [0.1, 0.15) is 189 Å². The van der Waals surface area contributed by atoms with Crippen molar-refractivity contribution in [2.45, 2.75) is 201 Å². The van der Waals surface area contributed by atoms with E-state index in [-0.39, 0.29) is 37.9 Å². The average Bonchev–Trinajstić information content (AvgIpc) is 3.83. The van der Waals surface area contributed by atoms with Gasteiger partial charge in [0.1, 0.15) is 12.7 Å². The predicted octanol–water partition coefficient (Wildman–Crippen LogP) is 8.33. The molecule has 0 aromatic rings. The lowest BCUT2D eigenvalue weighted by atomic mass is 10.1. The van der Waals surface area contributed by atoms with Crippen LogP contribution in [0.2, 0.25) is 0 Å². The minimum atomic E-state index is -1.16. The first-order valence-corrected chi connectivity index (χ1v) is 22.4. The van der Waals surface area contributed by atoms with Gasteiger partial charge in [0.05, 0.1) is 26.4 Å². The molecular formula is C44H90O13. The molecule has 5 N–H and O–H groups in total. The maximum Gasteiger partial charge on any atom is 0.332 e. The van der Waals surface area contributed by atoms with Crippen molar-refractivity contribution in [1.82, 2.24) is 0 Å². The molecule has 0 aromatic carbocycles. The smallest absolute Gasteiger partial charge is 0.332 e. The number of unbranched alkanes of at least 4 members (excludes halogenated alkanes) is 14. The lowest BCUT2D eigenvalue weighted by molar-refractivity contribution is -0.158. The monoisotopic (exact) mass is 827 g/mol. The van der Waals surface area contributed by atoms with Crippen LogP contribution in [0.3, 0.4) is 0 Å². The molecule has 0 radical (unpaired) electrons. The zero-order valence-corrected chi connectivity index (χ0v) is 37.2. The molecule has 2 unspecified atom stereocenters. The highest BCUT2D eigenvalue weighted by atomic mass is 16.6. The van der Waals surface area contributed by atoms with Crippen LogP contribution in [0.25, 0.3) is 0 Å². The van der Waals surface area contributed by atoms with Gasteiger partial charge in [-0.3, -0.25) is 9.59 Å². The Labute approximate surface area is 347 Å². The normalized spacial score (nSPS) is 13.8. The SMILES string of the molecule is C1CCOC1.C1COCCO1.CCCCCCC(O)C(=O)O.CCCCCCCCC(=O)OCC(C)OC(=O)CCCCCCCC.CCCO.OCCCCO. The molecule has 2 aliphatic rings. The van der Waals surface area contributed by atoms with Crippen molar-refractivity contribution >= 4 is 17.9 Å². The molecule has 0 aromatic heterocycles. The second-order valence-electron chi connectivity index (χ2n) is 14.1. The fraction of sp³-hybridized carbons (Fsp3) is 0.932. The van der Waals surface area contributed by atoms with Crippen molar-refractivity contribution in [1.29, 1.82) is 0 Å². The quantitative estimate of drug-likeness (QED) is 0.0392. The molecule has 57 heavy (non-hydrogen) atoms. The number of hydrogen-bond donors (Lipinski definition) is 5. The zero-order valence-electron chi connectivity index (χ0n) is 37.2. The molecule has 2 heterocycles. The Morgan fingerprint density at radius 1 is 0.526 bits per heavy atom. The van der Waals surface area contributed by atoms with E-state index in [9.17, 15) is 14.4 Å². The molecule has 13 heteroatoms. The van der Waals surface area contributed by atoms with Crippen LogP contribution in [-0.4, -0.2) is 122 Å². The van der Waals surface area contributed by atoms with Gasteiger partial charge < -0.3 is 49.2 Å². The highest BCUT2D eigenvalue weighted by molar-refractivity contribution is 5.71. The van der Waals surface area contributed by atoms with Crippen LogP contribution in [0.5, 0.6) is 0 Å². The first-order chi connectivity index (χ1) is 27.6. The number of carboxylic acids is 1. The molecule has 2 aliphatic heterocycles. The minimum Gasteiger partial charge on any atom is -0.479 e. The fourth-order valence-electron chi connectivity index (χ4n) is 4.76. The second-order valence-corrected chi connectivity index (χ2v) is 14.1. The average molecular weight is 827 g/mol. The van der Waals surface area contributed by atoms with Gasteiger partial charge in [0.15, 0.2) is 6.10 Å². The van der Waals surface area contributed by atoms with Crippen molar-refractivity contribution in [3.63, 3.8) is 0 Å². The largest absolute Gasteiger partial charge is 0.479 e. The van der Waals surface area contributed by atoms with E-state index in [1.54, 1.807) is 6.92 Å². The van der Waals surface area contributed by atoms with Crippen LogP contribution >= 0.6 is 0 Å². The molecule has 13 nitrogen and oxygen atoms in total. The van der Waals surface area contributed by atoms with Gasteiger partial charge in [-0.25, -0.2) is 4.79 Å². The standard InChI is InChI=1S/C21H40O4.C8H16O3.C4H8O2.C4H10O2.C4H8O.C3H8O/c1-4-6-8-10-12-14-16-20(22)24-18-19(3)25-21(23)17-15-13-11-9-7-5-2;1-2-3-4-5-6-7(9)8(10)11;1-2-6-4-3-5-1;5-3-1-2-4-6;1-2-4-5-3-1;1-2-3-4/h19H,4-18H2,1-3H3;7,9H,2-6H2,1H3,(H,10,11);1-4H2;5-6H,1-4H2;1-4H2;4H,2-3H2,1H3. The van der Waals surface area contributed by atoms with E-state index < -0.39 is 12.1 Å². The van der Waals surface area contributed by atoms with E-state index in [0.717, 1.165) is 110 Å². The number of aliphatic hydroxyl groups is 4. The summed E-state index contributed by atoms with van der Waals surface area (Å²) in [6, 6.07) is 0. The van der Waals surface area contributed by atoms with Crippen LogP contribution in [0, 0.1) is 0 Å². The Kier molecular flexibility index (Phi) is 61.0. The summed E-state index contributed by atoms with van der Waals surface area (Å²) in [7, 11) is 0. The van der Waals surface area contributed by atoms with Crippen LogP contribution in [0.4, 0.5) is 0 Å². The molecule has 0 bridgehead atoms. The maximum absolute atomic E-state index is 11.7. The molecule has 2 fully saturated rings. The summed E-state index contributed by atoms with van der Waals surface area (Å²) in [5.41, 5.74) is 0. The fourth-order valence-corrected chi connectivity index (χ4v) is 4.76. The van der Waals surface area contributed by atoms with Crippen molar-refractivity contribution in [2.24, 2.45) is 0 Å². The summed E-state index contributed by atoms with van der Waals surface area (Å²) < 4.78 is 25.3. The minimum absolute atomic E-state index is 0.164. The van der Waals surface area contributed by atoms with Gasteiger partial charge in [0, 0.05) is 45.9 Å². The molecule has 0 aliphatic carbocycles. The number of carbonyl (C=O) groups excluding carboxylic acids is 2. The highest BCUT2D eigenvalue weighted by Crippen LogP contribution is 2.10. The second kappa shape index (κ2) is 56.2. The summed E-state index contributed by atoms with van der Waals surface area (Å²) in [5, 5.41) is 41.2. The van der Waals surface area contributed by atoms with Crippen molar-refractivity contribution < 1.29 is 63.6 Å². The summed E-state index contributed by atoms with van der Waals surface area (Å²) >= 11 is 0. The molecule has 0 amide bonds. The zero-order chi connectivity index (χ0) is 43.5. The van der Waals surface area contributed by atoms with Crippen molar-refractivity contribution in [3.8, 4) is 0 Å². The number of ether oxygens (including phenoxy) is 5. The molecule has 344 valence electrons. The lowest BCUT2D eigenvalue weighted by Gasteiger charge is -2.13. The molecular weight excluding hydrogens is 736 g/mol. The number of esters is 2. The van der Waals surface area contributed by atoms with Crippen molar-refractivity contribution in [3.05, 3.63) is 0 Å². The van der Waals surface area contributed by atoms with Crippen LogP contribution < -0.4 is 0 Å². The third-order valence-electron chi connectivity index (χ3n) is 8.26. The summed E-state index contributed by atoms with van der Waals surface area (Å²) in [4.78, 5) is 33.5. The maximum atomic E-state index is 11.7. The Bertz CT molecular complexity index is 752. The van der Waals surface area contributed by atoms with Gasteiger partial charge in [0.25, 0.3) is 0 Å². The number of aliphatic carboxylic acids is 1. The number of carboxylic acid groups (broad SMARTS) is 1. The van der Waals surface area contributed by atoms with Gasteiger partial charge in [-0.1, -0.05) is 118 Å². The Morgan fingerprint density at radius 2 is 0.912 bits per heavy atom. The molecule has 2 atom stereocenters. The third kappa shape index (κ3) is 63.5. The Morgan fingerprint density at radius 3 is 1.26 bits per heavy atom. The molecule has 2 rings (SSSR count). The van der Waals surface area contributed by atoms with E-state index in [0.29, 0.717) is 25.9 Å². The van der Waals surface area contributed by atoms with Gasteiger partial charge in [-0.2, -0.15) is 0 Å². The molecule has 0 saturated carbocycles. The molecule has 2 saturated heterocycles. The van der Waals surface area contributed by atoms with Gasteiger partial charge in [0.2, 0.25) is 0 Å². The van der Waals surface area contributed by atoms with E-state index >= 15 is 0 Å². The summed E-state index contributed by atoms with van der Waals surface area (Å²) in [5.74, 6) is -1.48. The number of hydrogen-bond acceptors (Lipinski definition) is 12. The number of aliphatic hydroxyl groups excluding tert-OH is 4. The third-order valence-corrected chi connectivity index (χ3v) is 8.26. The topological polar surface area (TPSA) is 199 Å². The summed E-state index contributed by atoms with van der Waals surface area (Å²) in [6.07, 6.45) is 22.5. The predicted molar refractivity (Wildman–Crippen MR) is 227 cm³/mol. The van der Waals surface area contributed by atoms with E-state index in [1.165, 1.54) is 64.2 Å². The van der Waals surface area contributed by atoms with E-state index in [1.807, 2.05) is 6.92 Å². The van der Waals surface area contributed by atoms with Gasteiger partial charge >= 0.3 is 17.9 Å². The Balaban J connectivity index is -0.000000354. The Hall–Kier alpha value is -1.87. The van der Waals surface area contributed by atoms with E-state index in [2.05, 4.69) is 20.8 Å². The van der Waals surface area contributed by atoms with Gasteiger partial charge in [-0.15, -0.1) is 0 Å². The van der Waals surface area contributed by atoms with Gasteiger partial charge in [-0.05, 0) is 58.3 Å². The van der Waals surface area contributed by atoms with Crippen molar-refractivity contribution in [2.75, 3.05) is 66.1 Å².